The van der Waals surface area contributed by atoms with Gasteiger partial charge >= 0.3 is 0 Å². The highest BCUT2D eigenvalue weighted by atomic mass is 32.1. The van der Waals surface area contributed by atoms with Crippen molar-refractivity contribution in [3.63, 3.8) is 0 Å². The van der Waals surface area contributed by atoms with Crippen molar-refractivity contribution in [3.8, 4) is 0 Å². The van der Waals surface area contributed by atoms with Crippen LogP contribution in [0.2, 0.25) is 0 Å². The molecular formula is C26H26N6O2S. The molecule has 5 rings (SSSR count). The van der Waals surface area contributed by atoms with E-state index in [1.165, 1.54) is 4.88 Å². The SMILES string of the molecule is Cc1cc(C2=NC=C(C(=O)NCc3cccc(C(=O)Nc4nc5c(s4)CCN(C)C5)c3)C2)ccn1. The van der Waals surface area contributed by atoms with Crippen LogP contribution in [0.4, 0.5) is 5.13 Å². The van der Waals surface area contributed by atoms with E-state index in [4.69, 9.17) is 0 Å². The topological polar surface area (TPSA) is 99.6 Å². The Morgan fingerprint density at radius 3 is 2.91 bits per heavy atom. The van der Waals surface area contributed by atoms with E-state index in [0.717, 1.165) is 47.7 Å². The first-order valence-corrected chi connectivity index (χ1v) is 12.3. The van der Waals surface area contributed by atoms with Crippen LogP contribution in [0.5, 0.6) is 0 Å². The lowest BCUT2D eigenvalue weighted by Gasteiger charge is -2.20. The first-order valence-electron chi connectivity index (χ1n) is 11.5. The van der Waals surface area contributed by atoms with Gasteiger partial charge in [-0.2, -0.15) is 0 Å². The van der Waals surface area contributed by atoms with Gasteiger partial charge in [0.2, 0.25) is 5.91 Å². The number of thiazole rings is 1. The van der Waals surface area contributed by atoms with Crippen molar-refractivity contribution in [2.75, 3.05) is 18.9 Å². The number of benzene rings is 1. The minimum atomic E-state index is -0.207. The molecule has 0 unspecified atom stereocenters. The van der Waals surface area contributed by atoms with Crippen molar-refractivity contribution >= 4 is 34.0 Å². The summed E-state index contributed by atoms with van der Waals surface area (Å²) in [6.07, 6.45) is 4.80. The Labute approximate surface area is 207 Å². The van der Waals surface area contributed by atoms with E-state index in [0.29, 0.717) is 29.2 Å². The summed E-state index contributed by atoms with van der Waals surface area (Å²) in [5, 5.41) is 6.49. The highest BCUT2D eigenvalue weighted by molar-refractivity contribution is 7.15. The van der Waals surface area contributed by atoms with Crippen molar-refractivity contribution < 1.29 is 9.59 Å². The summed E-state index contributed by atoms with van der Waals surface area (Å²) in [6, 6.07) is 11.1. The Balaban J connectivity index is 1.16. The number of fused-ring (bicyclic) bond motifs is 1. The van der Waals surface area contributed by atoms with Gasteiger partial charge in [-0.05, 0) is 55.8 Å². The first kappa shape index (κ1) is 23.1. The van der Waals surface area contributed by atoms with Gasteiger partial charge in [0.05, 0.1) is 11.4 Å². The summed E-state index contributed by atoms with van der Waals surface area (Å²) in [4.78, 5) is 42.2. The van der Waals surface area contributed by atoms with Gasteiger partial charge in [-0.1, -0.05) is 12.1 Å². The van der Waals surface area contributed by atoms with Crippen molar-refractivity contribution in [3.05, 3.63) is 87.3 Å². The number of amides is 2. The van der Waals surface area contributed by atoms with Gasteiger partial charge < -0.3 is 10.2 Å². The van der Waals surface area contributed by atoms with E-state index in [2.05, 4.69) is 37.5 Å². The van der Waals surface area contributed by atoms with E-state index in [9.17, 15) is 9.59 Å². The van der Waals surface area contributed by atoms with Crippen molar-refractivity contribution in [2.24, 2.45) is 4.99 Å². The Bertz CT molecular complexity index is 1360. The van der Waals surface area contributed by atoms with Crippen LogP contribution in [-0.2, 0) is 24.3 Å². The molecule has 0 aliphatic carbocycles. The third-order valence-electron chi connectivity index (χ3n) is 6.04. The van der Waals surface area contributed by atoms with Crippen LogP contribution in [0.3, 0.4) is 0 Å². The van der Waals surface area contributed by atoms with Crippen LogP contribution in [0.25, 0.3) is 0 Å². The number of rotatable bonds is 6. The summed E-state index contributed by atoms with van der Waals surface area (Å²) < 4.78 is 0. The zero-order chi connectivity index (χ0) is 24.4. The van der Waals surface area contributed by atoms with Gasteiger partial charge in [0.25, 0.3) is 5.91 Å². The van der Waals surface area contributed by atoms with Gasteiger partial charge in [0.1, 0.15) is 0 Å². The lowest BCUT2D eigenvalue weighted by Crippen LogP contribution is -2.25. The number of nitrogens with zero attached hydrogens (tertiary/aromatic N) is 4. The normalized spacial score (nSPS) is 15.3. The molecule has 4 heterocycles. The number of likely N-dealkylation sites (N-methyl/N-ethyl adjacent to an activating group) is 1. The molecule has 35 heavy (non-hydrogen) atoms. The molecule has 0 saturated heterocycles. The van der Waals surface area contributed by atoms with Crippen LogP contribution in [0.15, 0.2) is 59.4 Å². The van der Waals surface area contributed by atoms with Crippen LogP contribution in [-0.4, -0.2) is 46.0 Å². The fourth-order valence-electron chi connectivity index (χ4n) is 4.14. The second-order valence-electron chi connectivity index (χ2n) is 8.81. The zero-order valence-corrected chi connectivity index (χ0v) is 20.5. The Morgan fingerprint density at radius 2 is 2.06 bits per heavy atom. The molecule has 0 radical (unpaired) electrons. The molecule has 2 aliphatic heterocycles. The molecule has 2 amide bonds. The fourth-order valence-corrected chi connectivity index (χ4v) is 5.09. The second kappa shape index (κ2) is 9.89. The molecule has 0 atom stereocenters. The van der Waals surface area contributed by atoms with Gasteiger partial charge in [-0.25, -0.2) is 4.98 Å². The first-order chi connectivity index (χ1) is 16.9. The van der Waals surface area contributed by atoms with E-state index in [-0.39, 0.29) is 11.8 Å². The minimum Gasteiger partial charge on any atom is -0.348 e. The highest BCUT2D eigenvalue weighted by Gasteiger charge is 2.20. The molecular weight excluding hydrogens is 460 g/mol. The van der Waals surface area contributed by atoms with Gasteiger partial charge in [0, 0.05) is 60.2 Å². The Morgan fingerprint density at radius 1 is 1.17 bits per heavy atom. The van der Waals surface area contributed by atoms with Crippen molar-refractivity contribution in [2.45, 2.75) is 32.9 Å². The molecule has 2 aliphatic rings. The second-order valence-corrected chi connectivity index (χ2v) is 9.89. The number of aryl methyl sites for hydroxylation is 1. The monoisotopic (exact) mass is 486 g/mol. The van der Waals surface area contributed by atoms with Crippen LogP contribution < -0.4 is 10.6 Å². The third-order valence-corrected chi connectivity index (χ3v) is 7.11. The molecule has 0 saturated carbocycles. The predicted molar refractivity (Wildman–Crippen MR) is 137 cm³/mol. The molecule has 1 aromatic carbocycles. The standard InChI is InChI=1S/C26H26N6O2S/c1-16-10-18(6-8-27-16)21-12-20(14-28-21)24(33)29-13-17-4-3-5-19(11-17)25(34)31-26-30-22-15-32(2)9-7-23(22)35-26/h3-6,8,10-11,14H,7,9,12-13,15H2,1-2H3,(H,29,33)(H,30,31,34). The number of carbonyl (C=O) groups excluding carboxylic acids is 2. The van der Waals surface area contributed by atoms with Crippen LogP contribution >= 0.6 is 11.3 Å². The summed E-state index contributed by atoms with van der Waals surface area (Å²) in [5.74, 6) is -0.371. The van der Waals surface area contributed by atoms with Gasteiger partial charge in [-0.15, -0.1) is 11.3 Å². The Kier molecular flexibility index (Phi) is 6.52. The molecule has 0 bridgehead atoms. The van der Waals surface area contributed by atoms with E-state index in [1.54, 1.807) is 35.9 Å². The average molecular weight is 487 g/mol. The lowest BCUT2D eigenvalue weighted by atomic mass is 10.0. The summed E-state index contributed by atoms with van der Waals surface area (Å²) in [6.45, 7) is 4.06. The third kappa shape index (κ3) is 5.36. The smallest absolute Gasteiger partial charge is 0.257 e. The zero-order valence-electron chi connectivity index (χ0n) is 19.7. The van der Waals surface area contributed by atoms with E-state index in [1.807, 2.05) is 31.2 Å². The molecule has 2 aromatic heterocycles. The number of pyridine rings is 1. The quantitative estimate of drug-likeness (QED) is 0.556. The summed E-state index contributed by atoms with van der Waals surface area (Å²) >= 11 is 1.54. The molecule has 9 heteroatoms. The molecule has 0 spiro atoms. The number of anilines is 1. The highest BCUT2D eigenvalue weighted by Crippen LogP contribution is 2.28. The number of hydrogen-bond acceptors (Lipinski definition) is 7. The predicted octanol–water partition coefficient (Wildman–Crippen LogP) is 3.48. The molecule has 0 fully saturated rings. The van der Waals surface area contributed by atoms with Crippen LogP contribution in [0, 0.1) is 6.92 Å². The summed E-state index contributed by atoms with van der Waals surface area (Å²) in [7, 11) is 2.07. The maximum atomic E-state index is 12.8. The van der Waals surface area contributed by atoms with Gasteiger partial charge in [-0.3, -0.25) is 24.9 Å². The van der Waals surface area contributed by atoms with E-state index >= 15 is 0 Å². The number of aliphatic imine (C=N–C) groups is 1. The molecule has 8 nitrogen and oxygen atoms in total. The summed E-state index contributed by atoms with van der Waals surface area (Å²) in [5.41, 5.74) is 5.77. The van der Waals surface area contributed by atoms with Crippen LogP contribution in [0.1, 0.15) is 44.2 Å². The van der Waals surface area contributed by atoms with Crippen molar-refractivity contribution in [1.82, 2.24) is 20.2 Å². The van der Waals surface area contributed by atoms with E-state index < -0.39 is 0 Å². The lowest BCUT2D eigenvalue weighted by molar-refractivity contribution is -0.117. The largest absolute Gasteiger partial charge is 0.348 e. The fraction of sp³-hybridized carbons (Fsp3) is 0.269. The maximum absolute atomic E-state index is 12.8. The molecule has 2 N–H and O–H groups in total. The van der Waals surface area contributed by atoms with Crippen molar-refractivity contribution in [1.29, 1.82) is 0 Å². The number of aromatic nitrogens is 2. The molecule has 3 aromatic rings. The average Bonchev–Trinajstić information content (AvgIpc) is 3.50. The minimum absolute atomic E-state index is 0.164. The number of carbonyl (C=O) groups is 2. The molecule has 178 valence electrons. The number of nitrogens with one attached hydrogen (secondary N) is 2. The van der Waals surface area contributed by atoms with Gasteiger partial charge in [0.15, 0.2) is 5.13 Å². The number of hydrogen-bond donors (Lipinski definition) is 2. The Hall–Kier alpha value is -3.69. The maximum Gasteiger partial charge on any atom is 0.257 e.